The van der Waals surface area contributed by atoms with E-state index in [1.807, 2.05) is 31.2 Å². The smallest absolute Gasteiger partial charge is 0.321 e. The molecule has 3 nitrogen and oxygen atoms in total. The second-order valence-corrected chi connectivity index (χ2v) is 5.08. The first-order chi connectivity index (χ1) is 8.68. The van der Waals surface area contributed by atoms with Crippen LogP contribution in [0.3, 0.4) is 0 Å². The summed E-state index contributed by atoms with van der Waals surface area (Å²) in [6.07, 6.45) is 4.09. The maximum absolute atomic E-state index is 11.5. The van der Waals surface area contributed by atoms with Crippen LogP contribution < -0.4 is 0 Å². The second kappa shape index (κ2) is 6.01. The molecule has 1 N–H and O–H groups in total. The Kier molecular flexibility index (Phi) is 4.37. The normalized spacial score (nSPS) is 18.5. The Balaban J connectivity index is 2.11. The summed E-state index contributed by atoms with van der Waals surface area (Å²) in [4.78, 5) is 13.6. The predicted octanol–water partition coefficient (Wildman–Crippen LogP) is 2.48. The van der Waals surface area contributed by atoms with Crippen LogP contribution in [0, 0.1) is 6.92 Å². The number of rotatable bonds is 4. The first-order valence-corrected chi connectivity index (χ1v) is 6.70. The molecule has 0 saturated carbocycles. The molecule has 2 rings (SSSR count). The molecular weight excluding hydrogens is 226 g/mol. The van der Waals surface area contributed by atoms with Gasteiger partial charge in [0.05, 0.1) is 0 Å². The number of aryl methyl sites for hydroxylation is 1. The molecule has 0 aliphatic carbocycles. The summed E-state index contributed by atoms with van der Waals surface area (Å²) >= 11 is 0. The van der Waals surface area contributed by atoms with Gasteiger partial charge in [0.15, 0.2) is 0 Å². The van der Waals surface area contributed by atoms with Crippen molar-refractivity contribution in [1.29, 1.82) is 0 Å². The summed E-state index contributed by atoms with van der Waals surface area (Å²) in [5.74, 6) is -0.694. The Morgan fingerprint density at radius 2 is 1.94 bits per heavy atom. The van der Waals surface area contributed by atoms with Crippen LogP contribution in [0.1, 0.15) is 30.4 Å². The molecule has 0 bridgehead atoms. The molecule has 1 aliphatic rings. The van der Waals surface area contributed by atoms with Crippen molar-refractivity contribution in [1.82, 2.24) is 4.90 Å². The van der Waals surface area contributed by atoms with Crippen molar-refractivity contribution in [2.75, 3.05) is 13.1 Å². The van der Waals surface area contributed by atoms with E-state index in [0.717, 1.165) is 31.5 Å². The molecule has 1 heterocycles. The van der Waals surface area contributed by atoms with Gasteiger partial charge in [-0.05, 0) is 50.4 Å². The van der Waals surface area contributed by atoms with E-state index in [-0.39, 0.29) is 6.04 Å². The number of hydrogen-bond acceptors (Lipinski definition) is 2. The number of nitrogens with zero attached hydrogens (tertiary/aromatic N) is 1. The fourth-order valence-electron chi connectivity index (χ4n) is 2.65. The van der Waals surface area contributed by atoms with Crippen LogP contribution in [0.25, 0.3) is 0 Å². The summed E-state index contributed by atoms with van der Waals surface area (Å²) < 4.78 is 0. The number of carboxylic acid groups (broad SMARTS) is 1. The zero-order valence-electron chi connectivity index (χ0n) is 10.9. The standard InChI is InChI=1S/C15H21NO2/c1-12-7-3-4-8-13(12)11-14(15(17)18)16-9-5-2-6-10-16/h3-4,7-8,14H,2,5-6,9-11H2,1H3,(H,17,18). The van der Waals surface area contributed by atoms with Crippen molar-refractivity contribution in [2.24, 2.45) is 0 Å². The summed E-state index contributed by atoms with van der Waals surface area (Å²) in [5, 5.41) is 9.44. The Morgan fingerprint density at radius 1 is 1.28 bits per heavy atom. The Labute approximate surface area is 108 Å². The minimum atomic E-state index is -0.694. The van der Waals surface area contributed by atoms with Crippen molar-refractivity contribution < 1.29 is 9.90 Å². The molecule has 3 heteroatoms. The maximum atomic E-state index is 11.5. The molecule has 98 valence electrons. The lowest BCUT2D eigenvalue weighted by Crippen LogP contribution is -2.45. The molecule has 0 spiro atoms. The number of carboxylic acids is 1. The van der Waals surface area contributed by atoms with Gasteiger partial charge in [-0.2, -0.15) is 0 Å². The molecule has 1 aromatic carbocycles. The predicted molar refractivity (Wildman–Crippen MR) is 71.7 cm³/mol. The number of piperidine rings is 1. The Hall–Kier alpha value is -1.35. The number of hydrogen-bond donors (Lipinski definition) is 1. The van der Waals surface area contributed by atoms with Crippen LogP contribution in [0.2, 0.25) is 0 Å². The number of likely N-dealkylation sites (tertiary alicyclic amines) is 1. The van der Waals surface area contributed by atoms with E-state index >= 15 is 0 Å². The van der Waals surface area contributed by atoms with Crippen molar-refractivity contribution >= 4 is 5.97 Å². The monoisotopic (exact) mass is 247 g/mol. The topological polar surface area (TPSA) is 40.5 Å². The van der Waals surface area contributed by atoms with E-state index in [1.54, 1.807) is 0 Å². The van der Waals surface area contributed by atoms with Crippen LogP contribution in [0.15, 0.2) is 24.3 Å². The molecule has 1 atom stereocenters. The first kappa shape index (κ1) is 13.1. The summed E-state index contributed by atoms with van der Waals surface area (Å²) in [7, 11) is 0. The maximum Gasteiger partial charge on any atom is 0.321 e. The lowest BCUT2D eigenvalue weighted by Gasteiger charge is -2.32. The third-order valence-electron chi connectivity index (χ3n) is 3.79. The summed E-state index contributed by atoms with van der Waals surface area (Å²) in [6, 6.07) is 7.69. The minimum absolute atomic E-state index is 0.369. The zero-order chi connectivity index (χ0) is 13.0. The van der Waals surface area contributed by atoms with Crippen LogP contribution >= 0.6 is 0 Å². The van der Waals surface area contributed by atoms with Crippen molar-refractivity contribution in [3.63, 3.8) is 0 Å². The van der Waals surface area contributed by atoms with Gasteiger partial charge in [0, 0.05) is 0 Å². The lowest BCUT2D eigenvalue weighted by molar-refractivity contribution is -0.143. The van der Waals surface area contributed by atoms with Gasteiger partial charge in [-0.1, -0.05) is 30.7 Å². The number of aliphatic carboxylic acids is 1. The molecule has 1 saturated heterocycles. The van der Waals surface area contributed by atoms with E-state index < -0.39 is 5.97 Å². The molecular formula is C15H21NO2. The first-order valence-electron chi connectivity index (χ1n) is 6.70. The van der Waals surface area contributed by atoms with Crippen LogP contribution in [-0.4, -0.2) is 35.1 Å². The van der Waals surface area contributed by atoms with Crippen molar-refractivity contribution in [3.8, 4) is 0 Å². The Morgan fingerprint density at radius 3 is 2.56 bits per heavy atom. The fourth-order valence-corrected chi connectivity index (χ4v) is 2.65. The minimum Gasteiger partial charge on any atom is -0.480 e. The van der Waals surface area contributed by atoms with E-state index in [4.69, 9.17) is 0 Å². The highest BCUT2D eigenvalue weighted by Crippen LogP contribution is 2.17. The van der Waals surface area contributed by atoms with Gasteiger partial charge in [-0.25, -0.2) is 0 Å². The zero-order valence-corrected chi connectivity index (χ0v) is 10.9. The molecule has 0 radical (unpaired) electrons. The molecule has 0 amide bonds. The SMILES string of the molecule is Cc1ccccc1CC(C(=O)O)N1CCCCC1. The highest BCUT2D eigenvalue weighted by atomic mass is 16.4. The second-order valence-electron chi connectivity index (χ2n) is 5.08. The third kappa shape index (κ3) is 3.10. The van der Waals surface area contributed by atoms with Crippen molar-refractivity contribution in [3.05, 3.63) is 35.4 Å². The van der Waals surface area contributed by atoms with E-state index in [2.05, 4.69) is 4.90 Å². The fraction of sp³-hybridized carbons (Fsp3) is 0.533. The Bertz CT molecular complexity index is 411. The summed E-state index contributed by atoms with van der Waals surface area (Å²) in [5.41, 5.74) is 2.33. The molecule has 0 aromatic heterocycles. The van der Waals surface area contributed by atoms with Gasteiger partial charge in [0.25, 0.3) is 0 Å². The van der Waals surface area contributed by atoms with Gasteiger partial charge >= 0.3 is 5.97 Å². The quantitative estimate of drug-likeness (QED) is 0.888. The largest absolute Gasteiger partial charge is 0.480 e. The van der Waals surface area contributed by atoms with Crippen LogP contribution in [0.4, 0.5) is 0 Å². The molecule has 1 unspecified atom stereocenters. The van der Waals surface area contributed by atoms with Crippen molar-refractivity contribution in [2.45, 2.75) is 38.6 Å². The third-order valence-corrected chi connectivity index (χ3v) is 3.79. The molecule has 1 fully saturated rings. The van der Waals surface area contributed by atoms with Gasteiger partial charge in [0.1, 0.15) is 6.04 Å². The van der Waals surface area contributed by atoms with Gasteiger partial charge < -0.3 is 5.11 Å². The molecule has 1 aliphatic heterocycles. The number of benzene rings is 1. The average Bonchev–Trinajstić information content (AvgIpc) is 2.38. The lowest BCUT2D eigenvalue weighted by atomic mass is 9.98. The summed E-state index contributed by atoms with van der Waals surface area (Å²) in [6.45, 7) is 3.89. The highest BCUT2D eigenvalue weighted by Gasteiger charge is 2.27. The average molecular weight is 247 g/mol. The van der Waals surface area contributed by atoms with Crippen LogP contribution in [0.5, 0.6) is 0 Å². The van der Waals surface area contributed by atoms with E-state index in [0.29, 0.717) is 6.42 Å². The van der Waals surface area contributed by atoms with E-state index in [9.17, 15) is 9.90 Å². The van der Waals surface area contributed by atoms with Gasteiger partial charge in [-0.15, -0.1) is 0 Å². The van der Waals surface area contributed by atoms with E-state index in [1.165, 1.54) is 12.0 Å². The van der Waals surface area contributed by atoms with Gasteiger partial charge in [0.2, 0.25) is 0 Å². The number of carbonyl (C=O) groups is 1. The highest BCUT2D eigenvalue weighted by molar-refractivity contribution is 5.74. The van der Waals surface area contributed by atoms with Crippen LogP contribution in [-0.2, 0) is 11.2 Å². The molecule has 18 heavy (non-hydrogen) atoms. The molecule has 1 aromatic rings. The van der Waals surface area contributed by atoms with Gasteiger partial charge in [-0.3, -0.25) is 9.69 Å².